The Morgan fingerprint density at radius 2 is 2.07 bits per heavy atom. The van der Waals surface area contributed by atoms with Crippen LogP contribution in [0.25, 0.3) is 0 Å². The van der Waals surface area contributed by atoms with Gasteiger partial charge in [0.2, 0.25) is 0 Å². The summed E-state index contributed by atoms with van der Waals surface area (Å²) in [5.41, 5.74) is 13.1. The number of hydrogen-bond donors (Lipinski definition) is 2. The molecule has 0 saturated carbocycles. The normalized spacial score (nSPS) is 11.4. The third-order valence-electron chi connectivity index (χ3n) is 1.93. The molecule has 0 saturated heterocycles. The van der Waals surface area contributed by atoms with Gasteiger partial charge >= 0.3 is 0 Å². The van der Waals surface area contributed by atoms with Gasteiger partial charge in [-0.2, -0.15) is 10.5 Å². The van der Waals surface area contributed by atoms with Crippen molar-refractivity contribution in [3.05, 3.63) is 29.3 Å². The summed E-state index contributed by atoms with van der Waals surface area (Å²) < 4.78 is 0. The van der Waals surface area contributed by atoms with Gasteiger partial charge in [0.15, 0.2) is 0 Å². The quantitative estimate of drug-likeness (QED) is 0.674. The zero-order valence-corrected chi connectivity index (χ0v) is 7.57. The van der Waals surface area contributed by atoms with Gasteiger partial charge in [0.1, 0.15) is 0 Å². The molecule has 0 heterocycles. The highest BCUT2D eigenvalue weighted by Gasteiger charge is 2.09. The molecule has 14 heavy (non-hydrogen) atoms. The molecule has 1 aromatic carbocycles. The van der Waals surface area contributed by atoms with Crippen LogP contribution in [-0.2, 0) is 0 Å². The van der Waals surface area contributed by atoms with Crippen molar-refractivity contribution in [2.75, 3.05) is 5.73 Å². The maximum Gasteiger partial charge on any atom is 0.0992 e. The van der Waals surface area contributed by atoms with Crippen LogP contribution in [0.3, 0.4) is 0 Å². The minimum absolute atomic E-state index is 0.218. The zero-order valence-electron chi connectivity index (χ0n) is 7.57. The number of nitrogen functional groups attached to an aromatic ring is 1. The van der Waals surface area contributed by atoms with E-state index in [2.05, 4.69) is 0 Å². The molecule has 0 aromatic heterocycles. The number of nitriles is 2. The first-order chi connectivity index (χ1) is 6.69. The molecular weight excluding hydrogens is 176 g/mol. The molecule has 0 aliphatic rings. The first-order valence-electron chi connectivity index (χ1n) is 4.11. The van der Waals surface area contributed by atoms with Crippen molar-refractivity contribution in [3.8, 4) is 12.1 Å². The standard InChI is InChI=1S/C10H10N4/c11-4-3-9(13)8-2-1-7(6-12)5-10(8)14/h1-2,5,9H,3,13-14H2/t9-/m1/s1. The second kappa shape index (κ2) is 4.27. The first-order valence-corrected chi connectivity index (χ1v) is 4.11. The Bertz CT molecular complexity index is 411. The van der Waals surface area contributed by atoms with E-state index in [-0.39, 0.29) is 12.5 Å². The molecule has 0 aliphatic carbocycles. The third kappa shape index (κ3) is 2.01. The zero-order chi connectivity index (χ0) is 10.6. The van der Waals surface area contributed by atoms with Crippen molar-refractivity contribution < 1.29 is 0 Å². The lowest BCUT2D eigenvalue weighted by Gasteiger charge is -2.10. The Balaban J connectivity index is 3.02. The first kappa shape index (κ1) is 10.0. The SMILES string of the molecule is N#CC[C@@H](N)c1ccc(C#N)cc1N. The van der Waals surface area contributed by atoms with Crippen LogP contribution in [0.15, 0.2) is 18.2 Å². The molecule has 1 aromatic rings. The molecule has 4 nitrogen and oxygen atoms in total. The van der Waals surface area contributed by atoms with Crippen LogP contribution in [-0.4, -0.2) is 0 Å². The lowest BCUT2D eigenvalue weighted by molar-refractivity contribution is 0.751. The van der Waals surface area contributed by atoms with E-state index < -0.39 is 0 Å². The van der Waals surface area contributed by atoms with Gasteiger partial charge in [-0.1, -0.05) is 6.07 Å². The summed E-state index contributed by atoms with van der Waals surface area (Å²) in [4.78, 5) is 0. The highest BCUT2D eigenvalue weighted by molar-refractivity contribution is 5.53. The summed E-state index contributed by atoms with van der Waals surface area (Å²) in [5.74, 6) is 0. The molecule has 0 bridgehead atoms. The van der Waals surface area contributed by atoms with E-state index in [1.165, 1.54) is 0 Å². The average Bonchev–Trinajstić information content (AvgIpc) is 2.17. The summed E-state index contributed by atoms with van der Waals surface area (Å²) in [6.07, 6.45) is 0.218. The van der Waals surface area contributed by atoms with E-state index in [0.717, 1.165) is 0 Å². The van der Waals surface area contributed by atoms with E-state index >= 15 is 0 Å². The Kier molecular flexibility index (Phi) is 3.06. The lowest BCUT2D eigenvalue weighted by atomic mass is 10.0. The molecule has 0 fully saturated rings. The predicted octanol–water partition coefficient (Wildman–Crippen LogP) is 1.05. The van der Waals surface area contributed by atoms with Crippen LogP contribution in [0.2, 0.25) is 0 Å². The fourth-order valence-electron chi connectivity index (χ4n) is 1.19. The minimum atomic E-state index is -0.382. The largest absolute Gasteiger partial charge is 0.398 e. The summed E-state index contributed by atoms with van der Waals surface area (Å²) in [5, 5.41) is 17.1. The monoisotopic (exact) mass is 186 g/mol. The van der Waals surface area contributed by atoms with E-state index in [4.69, 9.17) is 22.0 Å². The van der Waals surface area contributed by atoms with Crippen LogP contribution in [0, 0.1) is 22.7 Å². The van der Waals surface area contributed by atoms with Gasteiger partial charge in [-0.25, -0.2) is 0 Å². The van der Waals surface area contributed by atoms with Gasteiger partial charge in [-0.3, -0.25) is 0 Å². The number of benzene rings is 1. The van der Waals surface area contributed by atoms with Crippen molar-refractivity contribution in [2.45, 2.75) is 12.5 Å². The van der Waals surface area contributed by atoms with Crippen LogP contribution in [0.4, 0.5) is 5.69 Å². The number of rotatable bonds is 2. The Morgan fingerprint density at radius 3 is 2.57 bits per heavy atom. The second-order valence-electron chi connectivity index (χ2n) is 2.92. The maximum atomic E-state index is 8.61. The van der Waals surface area contributed by atoms with Crippen molar-refractivity contribution in [1.29, 1.82) is 10.5 Å². The molecule has 1 atom stereocenters. The molecule has 1 rings (SSSR count). The van der Waals surface area contributed by atoms with Crippen molar-refractivity contribution in [2.24, 2.45) is 5.73 Å². The van der Waals surface area contributed by atoms with Gasteiger partial charge in [-0.15, -0.1) is 0 Å². The Labute approximate surface area is 82.4 Å². The van der Waals surface area contributed by atoms with E-state index in [1.807, 2.05) is 12.1 Å². The van der Waals surface area contributed by atoms with Crippen LogP contribution in [0.5, 0.6) is 0 Å². The van der Waals surface area contributed by atoms with Crippen molar-refractivity contribution >= 4 is 5.69 Å². The van der Waals surface area contributed by atoms with Gasteiger partial charge in [0, 0.05) is 11.7 Å². The Morgan fingerprint density at radius 1 is 1.36 bits per heavy atom. The second-order valence-corrected chi connectivity index (χ2v) is 2.92. The van der Waals surface area contributed by atoms with E-state index in [1.54, 1.807) is 18.2 Å². The lowest BCUT2D eigenvalue weighted by Crippen LogP contribution is -2.11. The van der Waals surface area contributed by atoms with E-state index in [9.17, 15) is 0 Å². The molecule has 0 radical (unpaired) electrons. The van der Waals surface area contributed by atoms with Crippen molar-refractivity contribution in [3.63, 3.8) is 0 Å². The number of nitrogens with two attached hydrogens (primary N) is 2. The fraction of sp³-hybridized carbons (Fsp3) is 0.200. The topological polar surface area (TPSA) is 99.6 Å². The third-order valence-corrected chi connectivity index (χ3v) is 1.93. The van der Waals surface area contributed by atoms with Gasteiger partial charge < -0.3 is 11.5 Å². The van der Waals surface area contributed by atoms with Crippen molar-refractivity contribution in [1.82, 2.24) is 0 Å². The van der Waals surface area contributed by atoms with Crippen LogP contribution < -0.4 is 11.5 Å². The summed E-state index contributed by atoms with van der Waals surface area (Å²) in [6.45, 7) is 0. The molecule has 0 spiro atoms. The average molecular weight is 186 g/mol. The summed E-state index contributed by atoms with van der Waals surface area (Å²) in [6, 6.07) is 8.47. The summed E-state index contributed by atoms with van der Waals surface area (Å²) >= 11 is 0. The smallest absolute Gasteiger partial charge is 0.0992 e. The van der Waals surface area contributed by atoms with Gasteiger partial charge in [0.25, 0.3) is 0 Å². The van der Waals surface area contributed by atoms with Gasteiger partial charge in [0.05, 0.1) is 24.1 Å². The molecule has 4 heteroatoms. The Hall–Kier alpha value is -2.04. The molecule has 4 N–H and O–H groups in total. The molecule has 0 aliphatic heterocycles. The molecule has 70 valence electrons. The number of hydrogen-bond acceptors (Lipinski definition) is 4. The highest BCUT2D eigenvalue weighted by atomic mass is 14.7. The maximum absolute atomic E-state index is 8.61. The number of anilines is 1. The predicted molar refractivity (Wildman–Crippen MR) is 52.7 cm³/mol. The highest BCUT2D eigenvalue weighted by Crippen LogP contribution is 2.21. The minimum Gasteiger partial charge on any atom is -0.398 e. The molecule has 0 unspecified atom stereocenters. The molecule has 0 amide bonds. The van der Waals surface area contributed by atoms with Crippen LogP contribution >= 0.6 is 0 Å². The molecular formula is C10H10N4. The van der Waals surface area contributed by atoms with Gasteiger partial charge in [-0.05, 0) is 17.7 Å². The fourth-order valence-corrected chi connectivity index (χ4v) is 1.19. The summed E-state index contributed by atoms with van der Waals surface area (Å²) in [7, 11) is 0. The number of nitrogens with zero attached hydrogens (tertiary/aromatic N) is 2. The van der Waals surface area contributed by atoms with Crippen LogP contribution in [0.1, 0.15) is 23.6 Å². The van der Waals surface area contributed by atoms with E-state index in [0.29, 0.717) is 16.8 Å².